The molecular weight excluding hydrogens is 404 g/mol. The molecule has 2 heteroatoms. The van der Waals surface area contributed by atoms with Crippen LogP contribution in [0.2, 0.25) is 0 Å². The first kappa shape index (κ1) is 25.5. The Morgan fingerprint density at radius 3 is 2.64 bits per heavy atom. The van der Waals surface area contributed by atoms with Gasteiger partial charge in [0.2, 0.25) is 0 Å². The van der Waals surface area contributed by atoms with Gasteiger partial charge in [-0.1, -0.05) is 44.1 Å². The van der Waals surface area contributed by atoms with E-state index in [1.54, 1.807) is 5.57 Å². The van der Waals surface area contributed by atoms with Gasteiger partial charge in [-0.05, 0) is 132 Å². The molecule has 0 spiro atoms. The van der Waals surface area contributed by atoms with Gasteiger partial charge in [-0.15, -0.1) is 0 Å². The second kappa shape index (κ2) is 10.2. The van der Waals surface area contributed by atoms with Crippen molar-refractivity contribution in [2.75, 3.05) is 6.61 Å². The minimum atomic E-state index is -0.0986. The lowest BCUT2D eigenvalue weighted by Gasteiger charge is -2.58. The van der Waals surface area contributed by atoms with Crippen molar-refractivity contribution in [1.29, 1.82) is 0 Å². The number of aliphatic hydroxyl groups excluding tert-OH is 1. The summed E-state index contributed by atoms with van der Waals surface area (Å²) in [5.41, 5.74) is 3.83. The van der Waals surface area contributed by atoms with Gasteiger partial charge in [0, 0.05) is 6.61 Å². The van der Waals surface area contributed by atoms with E-state index in [2.05, 4.69) is 53.7 Å². The molecule has 0 aromatic rings. The van der Waals surface area contributed by atoms with Gasteiger partial charge in [-0.2, -0.15) is 0 Å². The van der Waals surface area contributed by atoms with Crippen LogP contribution in [0.4, 0.5) is 0 Å². The zero-order valence-electron chi connectivity index (χ0n) is 22.5. The van der Waals surface area contributed by atoms with Crippen LogP contribution in [-0.2, 0) is 4.74 Å². The molecule has 0 aromatic heterocycles. The van der Waals surface area contributed by atoms with Crippen LogP contribution in [-0.4, -0.2) is 23.9 Å². The maximum atomic E-state index is 10.3. The van der Waals surface area contributed by atoms with Gasteiger partial charge >= 0.3 is 0 Å². The van der Waals surface area contributed by atoms with Crippen LogP contribution in [0.3, 0.4) is 0 Å². The molecule has 9 atom stereocenters. The van der Waals surface area contributed by atoms with Crippen molar-refractivity contribution in [1.82, 2.24) is 0 Å². The first-order valence-electron chi connectivity index (χ1n) is 14.3. The fourth-order valence-corrected chi connectivity index (χ4v) is 8.83. The molecule has 188 valence electrons. The SMILES string of the molecule is CC(C)=CCC[C@H](C)CCO[C@@H](C)[C@H]1CC[C@H]2[C@@H]3CC=C4C[C@@H](O)CC[C@]4(C)[C@H]3CC[C@]12C. The molecule has 0 bridgehead atoms. The number of ether oxygens (including phenoxy) is 1. The maximum Gasteiger partial charge on any atom is 0.0580 e. The highest BCUT2D eigenvalue weighted by molar-refractivity contribution is 5.25. The van der Waals surface area contributed by atoms with Crippen LogP contribution in [0.25, 0.3) is 0 Å². The zero-order chi connectivity index (χ0) is 23.8. The van der Waals surface area contributed by atoms with Gasteiger partial charge in [0.05, 0.1) is 12.2 Å². The molecule has 4 rings (SSSR count). The largest absolute Gasteiger partial charge is 0.393 e. The minimum Gasteiger partial charge on any atom is -0.393 e. The van der Waals surface area contributed by atoms with E-state index in [9.17, 15) is 5.11 Å². The first-order chi connectivity index (χ1) is 15.6. The maximum absolute atomic E-state index is 10.3. The van der Waals surface area contributed by atoms with Gasteiger partial charge in [0.1, 0.15) is 0 Å². The predicted octanol–water partition coefficient (Wildman–Crippen LogP) is 8.10. The summed E-state index contributed by atoms with van der Waals surface area (Å²) >= 11 is 0. The Bertz CT molecular complexity index is 733. The fraction of sp³-hybridized carbons (Fsp3) is 0.871. The molecule has 3 fully saturated rings. The van der Waals surface area contributed by atoms with E-state index in [4.69, 9.17) is 4.74 Å². The van der Waals surface area contributed by atoms with Crippen molar-refractivity contribution in [2.45, 2.75) is 124 Å². The van der Waals surface area contributed by atoms with Gasteiger partial charge in [-0.25, -0.2) is 0 Å². The molecule has 4 aliphatic carbocycles. The van der Waals surface area contributed by atoms with E-state index in [-0.39, 0.29) is 6.10 Å². The molecule has 0 aromatic carbocycles. The quantitative estimate of drug-likeness (QED) is 0.374. The van der Waals surface area contributed by atoms with E-state index >= 15 is 0 Å². The van der Waals surface area contributed by atoms with E-state index in [0.29, 0.717) is 16.9 Å². The Morgan fingerprint density at radius 1 is 1.09 bits per heavy atom. The number of hydrogen-bond acceptors (Lipinski definition) is 2. The lowest BCUT2D eigenvalue weighted by Crippen LogP contribution is -2.51. The molecule has 0 unspecified atom stereocenters. The topological polar surface area (TPSA) is 29.5 Å². The highest BCUT2D eigenvalue weighted by atomic mass is 16.5. The van der Waals surface area contributed by atoms with Gasteiger partial charge < -0.3 is 9.84 Å². The number of hydrogen-bond donors (Lipinski definition) is 1. The molecule has 0 saturated heterocycles. The average molecular weight is 457 g/mol. The van der Waals surface area contributed by atoms with E-state index in [1.165, 1.54) is 63.4 Å². The van der Waals surface area contributed by atoms with Crippen LogP contribution in [0.1, 0.15) is 112 Å². The Labute approximate surface area is 204 Å². The van der Waals surface area contributed by atoms with Gasteiger partial charge in [-0.3, -0.25) is 0 Å². The fourth-order valence-electron chi connectivity index (χ4n) is 8.83. The summed E-state index contributed by atoms with van der Waals surface area (Å²) in [6.07, 6.45) is 18.8. The van der Waals surface area contributed by atoms with Crippen LogP contribution in [0.5, 0.6) is 0 Å². The second-order valence-corrected chi connectivity index (χ2v) is 13.2. The Balaban J connectivity index is 1.34. The minimum absolute atomic E-state index is 0.0986. The molecule has 3 saturated carbocycles. The van der Waals surface area contributed by atoms with E-state index in [0.717, 1.165) is 49.0 Å². The van der Waals surface area contributed by atoms with Gasteiger partial charge in [0.15, 0.2) is 0 Å². The number of aliphatic hydroxyl groups is 1. The molecule has 0 amide bonds. The summed E-state index contributed by atoms with van der Waals surface area (Å²) in [5.74, 6) is 4.00. The number of rotatable bonds is 8. The van der Waals surface area contributed by atoms with Crippen LogP contribution < -0.4 is 0 Å². The monoisotopic (exact) mass is 456 g/mol. The average Bonchev–Trinajstić information content (AvgIpc) is 3.11. The third-order valence-corrected chi connectivity index (χ3v) is 10.9. The Morgan fingerprint density at radius 2 is 1.88 bits per heavy atom. The summed E-state index contributed by atoms with van der Waals surface area (Å²) in [6, 6.07) is 0. The summed E-state index contributed by atoms with van der Waals surface area (Å²) in [4.78, 5) is 0. The van der Waals surface area contributed by atoms with Crippen LogP contribution in [0.15, 0.2) is 23.3 Å². The van der Waals surface area contributed by atoms with Crippen LogP contribution in [0, 0.1) is 40.4 Å². The smallest absolute Gasteiger partial charge is 0.0580 e. The van der Waals surface area contributed by atoms with Crippen molar-refractivity contribution in [3.8, 4) is 0 Å². The van der Waals surface area contributed by atoms with Crippen molar-refractivity contribution < 1.29 is 9.84 Å². The van der Waals surface area contributed by atoms with Crippen molar-refractivity contribution in [3.05, 3.63) is 23.3 Å². The second-order valence-electron chi connectivity index (χ2n) is 13.2. The summed E-state index contributed by atoms with van der Waals surface area (Å²) in [7, 11) is 0. The predicted molar refractivity (Wildman–Crippen MR) is 139 cm³/mol. The number of fused-ring (bicyclic) bond motifs is 5. The Hall–Kier alpha value is -0.600. The van der Waals surface area contributed by atoms with Crippen molar-refractivity contribution >= 4 is 0 Å². The van der Waals surface area contributed by atoms with E-state index in [1.807, 2.05) is 0 Å². The summed E-state index contributed by atoms with van der Waals surface area (Å²) in [6.45, 7) is 15.2. The molecular formula is C31H52O2. The highest BCUT2D eigenvalue weighted by Crippen LogP contribution is 2.66. The van der Waals surface area contributed by atoms with Crippen molar-refractivity contribution in [3.63, 3.8) is 0 Å². The molecule has 2 nitrogen and oxygen atoms in total. The lowest BCUT2D eigenvalue weighted by atomic mass is 9.47. The molecule has 0 aliphatic heterocycles. The normalized spacial score (nSPS) is 41.9. The summed E-state index contributed by atoms with van der Waals surface area (Å²) in [5, 5.41) is 10.3. The number of allylic oxidation sites excluding steroid dienone is 3. The molecule has 0 heterocycles. The van der Waals surface area contributed by atoms with Crippen LogP contribution >= 0.6 is 0 Å². The third kappa shape index (κ3) is 5.04. The molecule has 4 aliphatic rings. The van der Waals surface area contributed by atoms with Gasteiger partial charge in [0.25, 0.3) is 0 Å². The molecule has 0 radical (unpaired) electrons. The third-order valence-electron chi connectivity index (χ3n) is 10.9. The molecule has 1 N–H and O–H groups in total. The highest BCUT2D eigenvalue weighted by Gasteiger charge is 2.59. The van der Waals surface area contributed by atoms with E-state index < -0.39 is 0 Å². The lowest BCUT2D eigenvalue weighted by molar-refractivity contribution is -0.0821. The Kier molecular flexibility index (Phi) is 7.86. The zero-order valence-corrected chi connectivity index (χ0v) is 22.5. The first-order valence-corrected chi connectivity index (χ1v) is 14.3. The standard InChI is InChI=1S/C31H52O2/c1-21(2)8-7-9-22(3)16-19-33-23(4)27-12-13-28-26-11-10-24-20-25(32)14-17-30(24,5)29(26)15-18-31(27,28)6/h8,10,22-23,25-29,32H,7,9,11-20H2,1-6H3/t22-,23-,25-,26-,27+,28-,29-,30-,31+/m0/s1. The summed E-state index contributed by atoms with van der Waals surface area (Å²) < 4.78 is 6.54. The molecule has 33 heavy (non-hydrogen) atoms. The van der Waals surface area contributed by atoms with Crippen molar-refractivity contribution in [2.24, 2.45) is 40.4 Å².